The molecule has 152 valence electrons. The maximum Gasteiger partial charge on any atom is 0.191 e. The van der Waals surface area contributed by atoms with Gasteiger partial charge in [-0.05, 0) is 42.9 Å². The molecule has 27 heavy (non-hydrogen) atoms. The van der Waals surface area contributed by atoms with E-state index in [1.807, 2.05) is 0 Å². The van der Waals surface area contributed by atoms with Crippen LogP contribution in [0.2, 0.25) is 0 Å². The molecule has 0 bridgehead atoms. The summed E-state index contributed by atoms with van der Waals surface area (Å²) >= 11 is 0. The van der Waals surface area contributed by atoms with Gasteiger partial charge in [0, 0.05) is 52.1 Å². The summed E-state index contributed by atoms with van der Waals surface area (Å²) in [6, 6.07) is 8.74. The highest BCUT2D eigenvalue weighted by Gasteiger charge is 2.20. The van der Waals surface area contributed by atoms with Gasteiger partial charge in [0.15, 0.2) is 5.96 Å². The summed E-state index contributed by atoms with van der Waals surface area (Å²) in [5.41, 5.74) is 2.52. The molecule has 3 rings (SSSR count). The predicted octanol–water partition coefficient (Wildman–Crippen LogP) is 2.62. The van der Waals surface area contributed by atoms with Gasteiger partial charge in [-0.1, -0.05) is 12.1 Å². The van der Waals surface area contributed by atoms with Gasteiger partial charge in [0.2, 0.25) is 0 Å². The van der Waals surface area contributed by atoms with Crippen molar-refractivity contribution < 1.29 is 9.47 Å². The van der Waals surface area contributed by atoms with E-state index in [2.05, 4.69) is 44.8 Å². The zero-order valence-electron chi connectivity index (χ0n) is 16.3. The fraction of sp³-hybridized carbons (Fsp3) is 0.650. The van der Waals surface area contributed by atoms with Crippen LogP contribution >= 0.6 is 24.0 Å². The minimum Gasteiger partial charge on any atom is -0.381 e. The zero-order valence-corrected chi connectivity index (χ0v) is 18.6. The number of nitrogens with zero attached hydrogens (tertiary/aromatic N) is 2. The SMILES string of the molecule is CN=C(NCCCOCC1CC1)NCc1ccc(N2CCOCC2)cc1.I. The first kappa shape index (κ1) is 22.2. The molecule has 0 atom stereocenters. The number of anilines is 1. The van der Waals surface area contributed by atoms with Crippen molar-refractivity contribution in [1.29, 1.82) is 0 Å². The molecule has 2 N–H and O–H groups in total. The number of halogens is 1. The molecule has 6 nitrogen and oxygen atoms in total. The van der Waals surface area contributed by atoms with Gasteiger partial charge in [-0.15, -0.1) is 24.0 Å². The Morgan fingerprint density at radius 1 is 1.19 bits per heavy atom. The van der Waals surface area contributed by atoms with E-state index in [-0.39, 0.29) is 24.0 Å². The van der Waals surface area contributed by atoms with E-state index in [4.69, 9.17) is 9.47 Å². The molecule has 1 aliphatic carbocycles. The van der Waals surface area contributed by atoms with Crippen LogP contribution in [0.1, 0.15) is 24.8 Å². The molecule has 2 fully saturated rings. The van der Waals surface area contributed by atoms with Crippen LogP contribution in [0.5, 0.6) is 0 Å². The smallest absolute Gasteiger partial charge is 0.191 e. The van der Waals surface area contributed by atoms with Gasteiger partial charge in [0.25, 0.3) is 0 Å². The Morgan fingerprint density at radius 3 is 2.59 bits per heavy atom. The second-order valence-electron chi connectivity index (χ2n) is 6.99. The lowest BCUT2D eigenvalue weighted by atomic mass is 10.2. The number of rotatable bonds is 9. The Morgan fingerprint density at radius 2 is 1.93 bits per heavy atom. The molecule has 1 heterocycles. The van der Waals surface area contributed by atoms with Crippen molar-refractivity contribution in [2.24, 2.45) is 10.9 Å². The number of aliphatic imine (C=N–C) groups is 1. The summed E-state index contributed by atoms with van der Waals surface area (Å²) in [5.74, 6) is 1.68. The number of guanidine groups is 1. The number of hydrogen-bond donors (Lipinski definition) is 2. The lowest BCUT2D eigenvalue weighted by Gasteiger charge is -2.28. The van der Waals surface area contributed by atoms with E-state index in [0.29, 0.717) is 0 Å². The van der Waals surface area contributed by atoms with E-state index >= 15 is 0 Å². The van der Waals surface area contributed by atoms with Crippen molar-refractivity contribution in [3.05, 3.63) is 29.8 Å². The van der Waals surface area contributed by atoms with Crippen molar-refractivity contribution in [2.75, 3.05) is 58.0 Å². The van der Waals surface area contributed by atoms with Crippen molar-refractivity contribution in [3.63, 3.8) is 0 Å². The fourth-order valence-corrected chi connectivity index (χ4v) is 2.97. The second kappa shape index (κ2) is 12.4. The lowest BCUT2D eigenvalue weighted by molar-refractivity contribution is 0.122. The van der Waals surface area contributed by atoms with Crippen LogP contribution in [0.3, 0.4) is 0 Å². The van der Waals surface area contributed by atoms with Crippen molar-refractivity contribution in [2.45, 2.75) is 25.8 Å². The highest BCUT2D eigenvalue weighted by atomic mass is 127. The molecule has 1 saturated heterocycles. The molecule has 1 aliphatic heterocycles. The number of morpholine rings is 1. The third-order valence-electron chi connectivity index (χ3n) is 4.80. The normalized spacial score (nSPS) is 17.4. The van der Waals surface area contributed by atoms with Crippen LogP contribution in [-0.2, 0) is 16.0 Å². The molecule has 1 saturated carbocycles. The number of benzene rings is 1. The highest BCUT2D eigenvalue weighted by Crippen LogP contribution is 2.28. The summed E-state index contributed by atoms with van der Waals surface area (Å²) in [6.45, 7) is 6.98. The number of nitrogens with one attached hydrogen (secondary N) is 2. The van der Waals surface area contributed by atoms with Gasteiger partial charge in [-0.2, -0.15) is 0 Å². The van der Waals surface area contributed by atoms with Gasteiger partial charge in [-0.25, -0.2) is 0 Å². The summed E-state index contributed by atoms with van der Waals surface area (Å²) in [5, 5.41) is 6.71. The molecular formula is C20H33IN4O2. The standard InChI is InChI=1S/C20H32N4O2.HI/c1-21-20(22-9-2-12-26-16-18-3-4-18)23-15-17-5-7-19(8-6-17)24-10-13-25-14-11-24;/h5-8,18H,2-4,9-16H2,1H3,(H2,21,22,23);1H. The molecule has 0 spiro atoms. The van der Waals surface area contributed by atoms with Crippen molar-refractivity contribution in [3.8, 4) is 0 Å². The Bertz CT molecular complexity index is 558. The molecule has 0 radical (unpaired) electrons. The first-order valence-electron chi connectivity index (χ1n) is 9.79. The largest absolute Gasteiger partial charge is 0.381 e. The van der Waals surface area contributed by atoms with Crippen molar-refractivity contribution in [1.82, 2.24) is 10.6 Å². The Kier molecular flexibility index (Phi) is 10.2. The number of hydrogen-bond acceptors (Lipinski definition) is 4. The molecular weight excluding hydrogens is 455 g/mol. The highest BCUT2D eigenvalue weighted by molar-refractivity contribution is 14.0. The van der Waals surface area contributed by atoms with E-state index in [1.54, 1.807) is 7.05 Å². The van der Waals surface area contributed by atoms with E-state index < -0.39 is 0 Å². The maximum absolute atomic E-state index is 5.65. The Balaban J connectivity index is 0.00000261. The first-order chi connectivity index (χ1) is 12.8. The zero-order chi connectivity index (χ0) is 18.0. The average Bonchev–Trinajstić information content (AvgIpc) is 3.52. The molecule has 0 amide bonds. The van der Waals surface area contributed by atoms with Gasteiger partial charge < -0.3 is 25.0 Å². The van der Waals surface area contributed by atoms with Crippen LogP contribution in [0, 0.1) is 5.92 Å². The van der Waals surface area contributed by atoms with E-state index in [1.165, 1.54) is 24.1 Å². The molecule has 7 heteroatoms. The van der Waals surface area contributed by atoms with Gasteiger partial charge in [-0.3, -0.25) is 4.99 Å². The molecule has 1 aromatic rings. The molecule has 0 unspecified atom stereocenters. The molecule has 0 aromatic heterocycles. The van der Waals surface area contributed by atoms with Crippen LogP contribution in [0.25, 0.3) is 0 Å². The quantitative estimate of drug-likeness (QED) is 0.242. The minimum absolute atomic E-state index is 0. The summed E-state index contributed by atoms with van der Waals surface area (Å²) in [4.78, 5) is 6.65. The van der Waals surface area contributed by atoms with Gasteiger partial charge in [0.1, 0.15) is 0 Å². The third kappa shape index (κ3) is 8.23. The first-order valence-corrected chi connectivity index (χ1v) is 9.79. The van der Waals surface area contributed by atoms with Crippen LogP contribution < -0.4 is 15.5 Å². The lowest BCUT2D eigenvalue weighted by Crippen LogP contribution is -2.37. The summed E-state index contributed by atoms with van der Waals surface area (Å²) < 4.78 is 11.1. The average molecular weight is 488 g/mol. The van der Waals surface area contributed by atoms with Crippen LogP contribution in [0.15, 0.2) is 29.3 Å². The van der Waals surface area contributed by atoms with Gasteiger partial charge >= 0.3 is 0 Å². The van der Waals surface area contributed by atoms with E-state index in [0.717, 1.165) is 70.9 Å². The van der Waals surface area contributed by atoms with Crippen LogP contribution in [-0.4, -0.2) is 59.1 Å². The monoisotopic (exact) mass is 488 g/mol. The van der Waals surface area contributed by atoms with E-state index in [9.17, 15) is 0 Å². The predicted molar refractivity (Wildman–Crippen MR) is 121 cm³/mol. The second-order valence-corrected chi connectivity index (χ2v) is 6.99. The minimum atomic E-state index is 0. The number of ether oxygens (including phenoxy) is 2. The fourth-order valence-electron chi connectivity index (χ4n) is 2.97. The molecule has 1 aromatic carbocycles. The molecule has 2 aliphatic rings. The van der Waals surface area contributed by atoms with Gasteiger partial charge in [0.05, 0.1) is 13.2 Å². The van der Waals surface area contributed by atoms with Crippen molar-refractivity contribution >= 4 is 35.6 Å². The maximum atomic E-state index is 5.65. The van der Waals surface area contributed by atoms with Crippen LogP contribution in [0.4, 0.5) is 5.69 Å². The Labute approximate surface area is 180 Å². The summed E-state index contributed by atoms with van der Waals surface area (Å²) in [6.07, 6.45) is 3.70. The Hall–Kier alpha value is -1.06. The summed E-state index contributed by atoms with van der Waals surface area (Å²) in [7, 11) is 1.81. The topological polar surface area (TPSA) is 58.1 Å². The third-order valence-corrected chi connectivity index (χ3v) is 4.80.